The molecule has 8 heteroatoms. The summed E-state index contributed by atoms with van der Waals surface area (Å²) < 4.78 is 14.2. The summed E-state index contributed by atoms with van der Waals surface area (Å²) in [6, 6.07) is 2.92. The lowest BCUT2D eigenvalue weighted by Gasteiger charge is -2.07. The fraction of sp³-hybridized carbons (Fsp3) is 0.111. The van der Waals surface area contributed by atoms with E-state index in [9.17, 15) is 4.39 Å². The maximum Gasteiger partial charge on any atom is 0.223 e. The van der Waals surface area contributed by atoms with Gasteiger partial charge in [-0.2, -0.15) is 4.99 Å². The van der Waals surface area contributed by atoms with Crippen LogP contribution < -0.4 is 22.5 Å². The number of nitrogens with zero attached hydrogens (tertiary/aromatic N) is 2. The van der Waals surface area contributed by atoms with E-state index in [-0.39, 0.29) is 17.6 Å². The van der Waals surface area contributed by atoms with Crippen LogP contribution in [0.4, 0.5) is 15.8 Å². The number of nitrogens with two attached hydrogens (primary N) is 3. The highest BCUT2D eigenvalue weighted by molar-refractivity contribution is 9.10. The van der Waals surface area contributed by atoms with Gasteiger partial charge in [-0.15, -0.1) is 0 Å². The van der Waals surface area contributed by atoms with Crippen molar-refractivity contribution in [3.63, 3.8) is 0 Å². The Morgan fingerprint density at radius 3 is 2.53 bits per heavy atom. The van der Waals surface area contributed by atoms with Gasteiger partial charge < -0.3 is 22.5 Å². The maximum atomic E-state index is 13.7. The summed E-state index contributed by atoms with van der Waals surface area (Å²) in [6.07, 6.45) is 0. The van der Waals surface area contributed by atoms with Crippen molar-refractivity contribution in [1.29, 1.82) is 0 Å². The first kappa shape index (κ1) is 13.2. The van der Waals surface area contributed by atoms with E-state index in [0.717, 1.165) is 0 Å². The van der Waals surface area contributed by atoms with Crippen molar-refractivity contribution < 1.29 is 4.39 Å². The molecule has 7 N–H and O–H groups in total. The third-order valence-corrected chi connectivity index (χ3v) is 2.23. The molecule has 0 aliphatic carbocycles. The van der Waals surface area contributed by atoms with Crippen molar-refractivity contribution in [1.82, 2.24) is 0 Å². The van der Waals surface area contributed by atoms with E-state index < -0.39 is 5.82 Å². The van der Waals surface area contributed by atoms with Crippen molar-refractivity contribution in [2.45, 2.75) is 0 Å². The summed E-state index contributed by atoms with van der Waals surface area (Å²) in [5.41, 5.74) is 16.2. The predicted octanol–water partition coefficient (Wildman–Crippen LogP) is 0.850. The predicted molar refractivity (Wildman–Crippen MR) is 70.7 cm³/mol. The van der Waals surface area contributed by atoms with E-state index in [1.165, 1.54) is 6.07 Å². The van der Waals surface area contributed by atoms with Gasteiger partial charge in [0, 0.05) is 11.5 Å². The minimum Gasteiger partial charge on any atom is -0.386 e. The van der Waals surface area contributed by atoms with Gasteiger partial charge in [0.25, 0.3) is 0 Å². The van der Waals surface area contributed by atoms with E-state index in [1.54, 1.807) is 13.1 Å². The molecule has 0 unspecified atom stereocenters. The molecule has 0 radical (unpaired) electrons. The van der Waals surface area contributed by atoms with Gasteiger partial charge in [-0.3, -0.25) is 0 Å². The van der Waals surface area contributed by atoms with Crippen molar-refractivity contribution in [3.05, 3.63) is 22.4 Å². The molecule has 0 bridgehead atoms. The molecule has 0 heterocycles. The number of hydrogen-bond acceptors (Lipinski definition) is 2. The first-order valence-corrected chi connectivity index (χ1v) is 5.34. The van der Waals surface area contributed by atoms with Crippen LogP contribution in [0.1, 0.15) is 0 Å². The first-order chi connectivity index (χ1) is 7.93. The third-order valence-electron chi connectivity index (χ3n) is 1.77. The summed E-state index contributed by atoms with van der Waals surface area (Å²) in [7, 11) is 1.64. The van der Waals surface area contributed by atoms with Gasteiger partial charge in [-0.25, -0.2) is 9.38 Å². The fourth-order valence-electron chi connectivity index (χ4n) is 1.14. The number of aliphatic imine (C=N–C) groups is 2. The number of nitrogens with one attached hydrogen (secondary N) is 1. The Hall–Kier alpha value is -1.83. The van der Waals surface area contributed by atoms with Crippen LogP contribution in [0.5, 0.6) is 0 Å². The Morgan fingerprint density at radius 1 is 1.35 bits per heavy atom. The highest BCUT2D eigenvalue weighted by Crippen LogP contribution is 2.31. The molecular weight excluding hydrogens is 291 g/mol. The van der Waals surface area contributed by atoms with Crippen LogP contribution in [0, 0.1) is 5.82 Å². The monoisotopic (exact) mass is 302 g/mol. The van der Waals surface area contributed by atoms with Gasteiger partial charge >= 0.3 is 0 Å². The first-order valence-electron chi connectivity index (χ1n) is 4.54. The molecule has 0 aliphatic rings. The SMILES string of the molecule is CNc1cc(Br)cc(F)c1N=C(N)N=C(N)N. The average molecular weight is 303 g/mol. The molecule has 0 atom stereocenters. The second kappa shape index (κ2) is 5.48. The van der Waals surface area contributed by atoms with E-state index >= 15 is 0 Å². The van der Waals surface area contributed by atoms with Crippen molar-refractivity contribution in [2.75, 3.05) is 12.4 Å². The summed E-state index contributed by atoms with van der Waals surface area (Å²) >= 11 is 3.17. The number of guanidine groups is 2. The molecular formula is C9H12BrFN6. The minimum atomic E-state index is -0.544. The third kappa shape index (κ3) is 3.59. The summed E-state index contributed by atoms with van der Waals surface area (Å²) in [6.45, 7) is 0. The molecule has 1 aromatic carbocycles. The molecule has 0 fully saturated rings. The maximum absolute atomic E-state index is 13.7. The van der Waals surface area contributed by atoms with Crippen LogP contribution in [0.3, 0.4) is 0 Å². The smallest absolute Gasteiger partial charge is 0.223 e. The van der Waals surface area contributed by atoms with E-state index in [0.29, 0.717) is 10.2 Å². The normalized spacial score (nSPS) is 11.1. The topological polar surface area (TPSA) is 115 Å². The zero-order valence-electron chi connectivity index (χ0n) is 9.04. The van der Waals surface area contributed by atoms with Crippen LogP contribution >= 0.6 is 15.9 Å². The standard InChI is InChI=1S/C9H12BrFN6/c1-15-6-3-4(10)2-5(11)7(6)16-9(14)17-8(12)13/h2-3,15H,1H3,(H6,12,13,14,16,17). The van der Waals surface area contributed by atoms with Crippen molar-refractivity contribution in [2.24, 2.45) is 27.2 Å². The molecule has 0 spiro atoms. The summed E-state index contributed by atoms with van der Waals surface area (Å²) in [4.78, 5) is 7.30. The Morgan fingerprint density at radius 2 is 2.00 bits per heavy atom. The summed E-state index contributed by atoms with van der Waals surface area (Å²) in [5, 5.41) is 2.79. The number of benzene rings is 1. The summed E-state index contributed by atoms with van der Waals surface area (Å²) in [5.74, 6) is -1.00. The van der Waals surface area contributed by atoms with Crippen molar-refractivity contribution >= 4 is 39.2 Å². The lowest BCUT2D eigenvalue weighted by molar-refractivity contribution is 0.629. The second-order valence-electron chi connectivity index (χ2n) is 3.04. The van der Waals surface area contributed by atoms with E-state index in [2.05, 4.69) is 31.2 Å². The highest BCUT2D eigenvalue weighted by Gasteiger charge is 2.09. The molecule has 0 amide bonds. The average Bonchev–Trinajstić information content (AvgIpc) is 2.20. The Labute approximate surface area is 106 Å². The van der Waals surface area contributed by atoms with Crippen LogP contribution in [0.2, 0.25) is 0 Å². The number of rotatable bonds is 2. The lowest BCUT2D eigenvalue weighted by atomic mass is 10.2. The van der Waals surface area contributed by atoms with Crippen molar-refractivity contribution in [3.8, 4) is 0 Å². The van der Waals surface area contributed by atoms with Crippen LogP contribution in [0.25, 0.3) is 0 Å². The van der Waals surface area contributed by atoms with Gasteiger partial charge in [0.2, 0.25) is 5.96 Å². The Bertz CT molecular complexity index is 481. The molecule has 0 aliphatic heterocycles. The molecule has 1 aromatic rings. The largest absolute Gasteiger partial charge is 0.386 e. The Balaban J connectivity index is 3.27. The van der Waals surface area contributed by atoms with Gasteiger partial charge in [-0.05, 0) is 12.1 Å². The molecule has 0 saturated carbocycles. The van der Waals surface area contributed by atoms with E-state index in [4.69, 9.17) is 17.2 Å². The molecule has 0 aromatic heterocycles. The second-order valence-corrected chi connectivity index (χ2v) is 3.96. The molecule has 92 valence electrons. The molecule has 0 saturated heterocycles. The van der Waals surface area contributed by atoms with Crippen LogP contribution in [0.15, 0.2) is 26.6 Å². The molecule has 1 rings (SSSR count). The fourth-order valence-corrected chi connectivity index (χ4v) is 1.57. The van der Waals surface area contributed by atoms with Crippen LogP contribution in [-0.2, 0) is 0 Å². The highest BCUT2D eigenvalue weighted by atomic mass is 79.9. The zero-order valence-corrected chi connectivity index (χ0v) is 10.6. The molecule has 17 heavy (non-hydrogen) atoms. The van der Waals surface area contributed by atoms with Crippen LogP contribution in [-0.4, -0.2) is 19.0 Å². The minimum absolute atomic E-state index is 0.0400. The van der Waals surface area contributed by atoms with Gasteiger partial charge in [-0.1, -0.05) is 15.9 Å². The molecule has 6 nitrogen and oxygen atoms in total. The zero-order chi connectivity index (χ0) is 13.0. The van der Waals surface area contributed by atoms with E-state index in [1.807, 2.05) is 0 Å². The van der Waals surface area contributed by atoms with Gasteiger partial charge in [0.15, 0.2) is 11.8 Å². The quantitative estimate of drug-likeness (QED) is 0.479. The number of hydrogen-bond donors (Lipinski definition) is 4. The van der Waals surface area contributed by atoms with Gasteiger partial charge in [0.1, 0.15) is 5.69 Å². The van der Waals surface area contributed by atoms with Gasteiger partial charge in [0.05, 0.1) is 5.69 Å². The lowest BCUT2D eigenvalue weighted by Crippen LogP contribution is -2.26. The number of anilines is 1. The Kier molecular flexibility index (Phi) is 4.27. The number of halogens is 2.